The normalized spacial score (nSPS) is 9.73. The molecule has 0 spiro atoms. The van der Waals surface area contributed by atoms with Crippen LogP contribution in [0.2, 0.25) is 0 Å². The van der Waals surface area contributed by atoms with Crippen LogP contribution in [0.5, 0.6) is 0 Å². The van der Waals surface area contributed by atoms with Crippen molar-refractivity contribution < 1.29 is 19.8 Å². The summed E-state index contributed by atoms with van der Waals surface area (Å²) in [6, 6.07) is 3.99. The number of rotatable bonds is 3. The van der Waals surface area contributed by atoms with E-state index in [1.54, 1.807) is 19.0 Å². The van der Waals surface area contributed by atoms with E-state index in [4.69, 9.17) is 10.2 Å². The van der Waals surface area contributed by atoms with Crippen molar-refractivity contribution in [3.05, 3.63) is 29.3 Å². The summed E-state index contributed by atoms with van der Waals surface area (Å²) < 4.78 is 0. The molecular formula is C10H11NO4. The summed E-state index contributed by atoms with van der Waals surface area (Å²) in [5, 5.41) is 17.6. The van der Waals surface area contributed by atoms with Gasteiger partial charge in [0.2, 0.25) is 0 Å². The van der Waals surface area contributed by atoms with Gasteiger partial charge in [-0.2, -0.15) is 0 Å². The fourth-order valence-corrected chi connectivity index (χ4v) is 1.12. The van der Waals surface area contributed by atoms with E-state index in [9.17, 15) is 9.59 Å². The minimum absolute atomic E-state index is 0.0291. The second-order valence-electron chi connectivity index (χ2n) is 3.27. The SMILES string of the molecule is CN(C)c1cc(C(=O)O)cc(C(=O)O)c1. The summed E-state index contributed by atoms with van der Waals surface area (Å²) in [4.78, 5) is 23.1. The van der Waals surface area contributed by atoms with Crippen molar-refractivity contribution in [3.63, 3.8) is 0 Å². The molecule has 0 bridgehead atoms. The van der Waals surface area contributed by atoms with E-state index < -0.39 is 11.9 Å². The number of benzene rings is 1. The maximum Gasteiger partial charge on any atom is 0.335 e. The average molecular weight is 209 g/mol. The van der Waals surface area contributed by atoms with Gasteiger partial charge in [-0.05, 0) is 18.2 Å². The molecule has 0 aromatic heterocycles. The highest BCUT2D eigenvalue weighted by atomic mass is 16.4. The van der Waals surface area contributed by atoms with Gasteiger partial charge < -0.3 is 15.1 Å². The summed E-state index contributed by atoms with van der Waals surface area (Å²) in [6.07, 6.45) is 0. The van der Waals surface area contributed by atoms with Crippen LogP contribution in [0.25, 0.3) is 0 Å². The lowest BCUT2D eigenvalue weighted by molar-refractivity contribution is 0.0696. The van der Waals surface area contributed by atoms with Gasteiger partial charge in [-0.15, -0.1) is 0 Å². The second kappa shape index (κ2) is 4.00. The minimum atomic E-state index is -1.14. The number of nitrogens with zero attached hydrogens (tertiary/aromatic N) is 1. The largest absolute Gasteiger partial charge is 0.478 e. The number of carboxylic acid groups (broad SMARTS) is 2. The highest BCUT2D eigenvalue weighted by Gasteiger charge is 2.11. The maximum atomic E-state index is 10.7. The Morgan fingerprint density at radius 2 is 1.40 bits per heavy atom. The minimum Gasteiger partial charge on any atom is -0.478 e. The number of anilines is 1. The first-order chi connectivity index (χ1) is 6.91. The third kappa shape index (κ3) is 2.46. The molecule has 0 fully saturated rings. The van der Waals surface area contributed by atoms with Crippen molar-refractivity contribution in [1.29, 1.82) is 0 Å². The Balaban J connectivity index is 3.32. The number of carbonyl (C=O) groups is 2. The first-order valence-corrected chi connectivity index (χ1v) is 4.21. The number of hydrogen-bond donors (Lipinski definition) is 2. The first-order valence-electron chi connectivity index (χ1n) is 4.21. The summed E-state index contributed by atoms with van der Waals surface area (Å²) in [5.41, 5.74) is 0.490. The van der Waals surface area contributed by atoms with Crippen LogP contribution in [-0.2, 0) is 0 Å². The Bertz CT molecular complexity index is 380. The van der Waals surface area contributed by atoms with Crippen LogP contribution in [0.4, 0.5) is 5.69 Å². The third-order valence-electron chi connectivity index (χ3n) is 1.93. The van der Waals surface area contributed by atoms with Gasteiger partial charge in [0.1, 0.15) is 0 Å². The molecule has 0 aliphatic carbocycles. The molecule has 0 aliphatic rings. The zero-order valence-corrected chi connectivity index (χ0v) is 8.39. The fourth-order valence-electron chi connectivity index (χ4n) is 1.12. The predicted octanol–water partition coefficient (Wildman–Crippen LogP) is 1.15. The zero-order valence-electron chi connectivity index (χ0n) is 8.39. The molecule has 1 aromatic carbocycles. The predicted molar refractivity (Wildman–Crippen MR) is 54.7 cm³/mol. The van der Waals surface area contributed by atoms with Gasteiger partial charge in [-0.3, -0.25) is 0 Å². The molecule has 0 radical (unpaired) electrons. The molecule has 0 unspecified atom stereocenters. The molecule has 0 saturated carbocycles. The quantitative estimate of drug-likeness (QED) is 0.780. The van der Waals surface area contributed by atoms with E-state index >= 15 is 0 Å². The van der Waals surface area contributed by atoms with E-state index in [0.29, 0.717) is 5.69 Å². The summed E-state index contributed by atoms with van der Waals surface area (Å²) in [5.74, 6) is -2.28. The fraction of sp³-hybridized carbons (Fsp3) is 0.200. The molecule has 0 heterocycles. The Morgan fingerprint density at radius 1 is 1.00 bits per heavy atom. The van der Waals surface area contributed by atoms with Crippen molar-refractivity contribution in [2.75, 3.05) is 19.0 Å². The van der Waals surface area contributed by atoms with E-state index in [2.05, 4.69) is 0 Å². The third-order valence-corrected chi connectivity index (χ3v) is 1.93. The molecule has 0 amide bonds. The molecule has 0 aliphatic heterocycles. The molecule has 5 heteroatoms. The van der Waals surface area contributed by atoms with Gasteiger partial charge in [0.05, 0.1) is 11.1 Å². The zero-order chi connectivity index (χ0) is 11.6. The molecule has 80 valence electrons. The molecule has 2 N–H and O–H groups in total. The lowest BCUT2D eigenvalue weighted by atomic mass is 10.1. The smallest absolute Gasteiger partial charge is 0.335 e. The van der Waals surface area contributed by atoms with Gasteiger partial charge in [0, 0.05) is 19.8 Å². The second-order valence-corrected chi connectivity index (χ2v) is 3.27. The Morgan fingerprint density at radius 3 is 1.67 bits per heavy atom. The van der Waals surface area contributed by atoms with Crippen LogP contribution in [0.15, 0.2) is 18.2 Å². The Labute approximate surface area is 86.6 Å². The average Bonchev–Trinajstić information content (AvgIpc) is 2.16. The van der Waals surface area contributed by atoms with E-state index in [1.165, 1.54) is 12.1 Å². The standard InChI is InChI=1S/C10H11NO4/c1-11(2)8-4-6(9(12)13)3-7(5-8)10(14)15/h3-5H,1-2H3,(H,12,13)(H,14,15). The summed E-state index contributed by atoms with van der Waals surface area (Å²) in [6.45, 7) is 0. The van der Waals surface area contributed by atoms with Crippen LogP contribution >= 0.6 is 0 Å². The van der Waals surface area contributed by atoms with Crippen LogP contribution in [0, 0.1) is 0 Å². The highest BCUT2D eigenvalue weighted by Crippen LogP contribution is 2.17. The van der Waals surface area contributed by atoms with Crippen LogP contribution < -0.4 is 4.90 Å². The van der Waals surface area contributed by atoms with Crippen molar-refractivity contribution in [1.82, 2.24) is 0 Å². The van der Waals surface area contributed by atoms with E-state index in [-0.39, 0.29) is 11.1 Å². The Kier molecular flexibility index (Phi) is 2.94. The topological polar surface area (TPSA) is 77.8 Å². The van der Waals surface area contributed by atoms with Gasteiger partial charge >= 0.3 is 11.9 Å². The Hall–Kier alpha value is -2.04. The van der Waals surface area contributed by atoms with Gasteiger partial charge in [0.25, 0.3) is 0 Å². The molecule has 0 saturated heterocycles. The molecule has 1 aromatic rings. The number of aromatic carboxylic acids is 2. The summed E-state index contributed by atoms with van der Waals surface area (Å²) in [7, 11) is 3.43. The van der Waals surface area contributed by atoms with Crippen molar-refractivity contribution in [3.8, 4) is 0 Å². The first kappa shape index (κ1) is 11.0. The van der Waals surface area contributed by atoms with Crippen LogP contribution in [0.3, 0.4) is 0 Å². The van der Waals surface area contributed by atoms with Gasteiger partial charge in [0.15, 0.2) is 0 Å². The van der Waals surface area contributed by atoms with Crippen molar-refractivity contribution in [2.45, 2.75) is 0 Å². The number of carboxylic acids is 2. The highest BCUT2D eigenvalue weighted by molar-refractivity contribution is 5.95. The van der Waals surface area contributed by atoms with Crippen LogP contribution in [0.1, 0.15) is 20.7 Å². The van der Waals surface area contributed by atoms with Crippen molar-refractivity contribution in [2.24, 2.45) is 0 Å². The molecular weight excluding hydrogens is 198 g/mol. The number of hydrogen-bond acceptors (Lipinski definition) is 3. The lowest BCUT2D eigenvalue weighted by Gasteiger charge is -2.13. The van der Waals surface area contributed by atoms with Crippen LogP contribution in [-0.4, -0.2) is 36.2 Å². The maximum absolute atomic E-state index is 10.7. The molecule has 15 heavy (non-hydrogen) atoms. The molecule has 0 atom stereocenters. The monoisotopic (exact) mass is 209 g/mol. The van der Waals surface area contributed by atoms with E-state index in [0.717, 1.165) is 6.07 Å². The molecule has 1 rings (SSSR count). The lowest BCUT2D eigenvalue weighted by Crippen LogP contribution is -2.12. The van der Waals surface area contributed by atoms with Gasteiger partial charge in [-0.25, -0.2) is 9.59 Å². The summed E-state index contributed by atoms with van der Waals surface area (Å²) >= 11 is 0. The van der Waals surface area contributed by atoms with E-state index in [1.807, 2.05) is 0 Å². The van der Waals surface area contributed by atoms with Gasteiger partial charge in [-0.1, -0.05) is 0 Å². The van der Waals surface area contributed by atoms with Crippen molar-refractivity contribution >= 4 is 17.6 Å². The molecule has 5 nitrogen and oxygen atoms in total.